The summed E-state index contributed by atoms with van der Waals surface area (Å²) in [5.74, 6) is 1.77. The van der Waals surface area contributed by atoms with Gasteiger partial charge in [0.15, 0.2) is 0 Å². The molecule has 0 unspecified atom stereocenters. The highest BCUT2D eigenvalue weighted by Crippen LogP contribution is 2.18. The molecule has 0 saturated heterocycles. The summed E-state index contributed by atoms with van der Waals surface area (Å²) in [5.41, 5.74) is 0. The molecule has 25 heavy (non-hydrogen) atoms. The standard InChI is InChI=1S/C21H32Cl2O2/c1-2-3-4-5-6-7-8-10-17-24-19-13-15-20(16-14-19)25-18-11-9-12-21(22)23/h12-16H,2-11,17-18H2,1H3. The van der Waals surface area contributed by atoms with E-state index in [2.05, 4.69) is 6.92 Å². The summed E-state index contributed by atoms with van der Waals surface area (Å²) in [5, 5.41) is 0. The van der Waals surface area contributed by atoms with Crippen molar-refractivity contribution in [1.82, 2.24) is 0 Å². The van der Waals surface area contributed by atoms with Gasteiger partial charge < -0.3 is 9.47 Å². The van der Waals surface area contributed by atoms with Crippen molar-refractivity contribution in [2.45, 2.75) is 71.1 Å². The van der Waals surface area contributed by atoms with Crippen molar-refractivity contribution >= 4 is 23.2 Å². The number of hydrogen-bond donors (Lipinski definition) is 0. The SMILES string of the molecule is CCCCCCCCCCOc1ccc(OCCCC=C(Cl)Cl)cc1. The van der Waals surface area contributed by atoms with Gasteiger partial charge >= 0.3 is 0 Å². The fourth-order valence-electron chi connectivity index (χ4n) is 2.54. The van der Waals surface area contributed by atoms with Crippen LogP contribution in [0.4, 0.5) is 0 Å². The molecule has 0 atom stereocenters. The third kappa shape index (κ3) is 13.1. The molecule has 0 fully saturated rings. The van der Waals surface area contributed by atoms with Crippen LogP contribution in [0.25, 0.3) is 0 Å². The second kappa shape index (κ2) is 15.4. The van der Waals surface area contributed by atoms with E-state index in [1.807, 2.05) is 24.3 Å². The van der Waals surface area contributed by atoms with Crippen LogP contribution in [0.3, 0.4) is 0 Å². The summed E-state index contributed by atoms with van der Waals surface area (Å²) in [4.78, 5) is 0. The van der Waals surface area contributed by atoms with E-state index in [0.717, 1.165) is 37.4 Å². The van der Waals surface area contributed by atoms with Crippen LogP contribution in [0.1, 0.15) is 71.1 Å². The molecule has 1 rings (SSSR count). The monoisotopic (exact) mass is 386 g/mol. The number of halogens is 2. The molecule has 0 amide bonds. The van der Waals surface area contributed by atoms with Gasteiger partial charge in [-0.3, -0.25) is 0 Å². The summed E-state index contributed by atoms with van der Waals surface area (Å²) >= 11 is 11.1. The molecule has 0 saturated carbocycles. The number of benzene rings is 1. The van der Waals surface area contributed by atoms with E-state index in [1.165, 1.54) is 44.9 Å². The second-order valence-corrected chi connectivity index (χ2v) is 7.29. The summed E-state index contributed by atoms with van der Waals surface area (Å²) in [6, 6.07) is 7.84. The molecule has 1 aromatic carbocycles. The highest BCUT2D eigenvalue weighted by Gasteiger charge is 1.98. The Balaban J connectivity index is 2.03. The van der Waals surface area contributed by atoms with Crippen molar-refractivity contribution in [1.29, 1.82) is 0 Å². The van der Waals surface area contributed by atoms with Crippen LogP contribution in [0.2, 0.25) is 0 Å². The van der Waals surface area contributed by atoms with Crippen molar-refractivity contribution in [3.8, 4) is 11.5 Å². The Morgan fingerprint density at radius 3 is 1.76 bits per heavy atom. The molecule has 0 N–H and O–H groups in total. The zero-order chi connectivity index (χ0) is 18.2. The fraction of sp³-hybridized carbons (Fsp3) is 0.619. The molecule has 0 aliphatic rings. The van der Waals surface area contributed by atoms with Crippen molar-refractivity contribution in [3.05, 3.63) is 34.8 Å². The Labute approximate surface area is 163 Å². The summed E-state index contributed by atoms with van der Waals surface area (Å²) in [6.45, 7) is 3.70. The van der Waals surface area contributed by atoms with Crippen molar-refractivity contribution < 1.29 is 9.47 Å². The van der Waals surface area contributed by atoms with Crippen LogP contribution in [0, 0.1) is 0 Å². The Bertz CT molecular complexity index is 453. The number of allylic oxidation sites excluding steroid dienone is 1. The molecule has 0 aliphatic carbocycles. The molecular weight excluding hydrogens is 355 g/mol. The van der Waals surface area contributed by atoms with Gasteiger partial charge in [-0.15, -0.1) is 0 Å². The second-order valence-electron chi connectivity index (χ2n) is 6.28. The van der Waals surface area contributed by atoms with Crippen molar-refractivity contribution in [2.24, 2.45) is 0 Å². The molecule has 0 radical (unpaired) electrons. The number of unbranched alkanes of at least 4 members (excludes halogenated alkanes) is 8. The first-order valence-electron chi connectivity index (χ1n) is 9.59. The van der Waals surface area contributed by atoms with Gasteiger partial charge in [-0.25, -0.2) is 0 Å². The largest absolute Gasteiger partial charge is 0.494 e. The lowest BCUT2D eigenvalue weighted by molar-refractivity contribution is 0.299. The Kier molecular flexibility index (Phi) is 13.7. The van der Waals surface area contributed by atoms with Crippen molar-refractivity contribution in [2.75, 3.05) is 13.2 Å². The predicted molar refractivity (Wildman–Crippen MR) is 109 cm³/mol. The van der Waals surface area contributed by atoms with Gasteiger partial charge in [-0.2, -0.15) is 0 Å². The van der Waals surface area contributed by atoms with E-state index in [9.17, 15) is 0 Å². The lowest BCUT2D eigenvalue weighted by Crippen LogP contribution is -1.99. The normalized spacial score (nSPS) is 10.5. The first kappa shape index (κ1) is 22.2. The van der Waals surface area contributed by atoms with Crippen LogP contribution in [0.5, 0.6) is 11.5 Å². The van der Waals surface area contributed by atoms with Crippen LogP contribution in [-0.4, -0.2) is 13.2 Å². The number of hydrogen-bond acceptors (Lipinski definition) is 2. The zero-order valence-electron chi connectivity index (χ0n) is 15.4. The number of ether oxygens (including phenoxy) is 2. The molecule has 0 aromatic heterocycles. The van der Waals surface area contributed by atoms with Crippen LogP contribution in [0.15, 0.2) is 34.8 Å². The molecule has 142 valence electrons. The van der Waals surface area contributed by atoms with Gasteiger partial charge in [0.25, 0.3) is 0 Å². The molecule has 0 spiro atoms. The molecule has 0 bridgehead atoms. The van der Waals surface area contributed by atoms with E-state index in [4.69, 9.17) is 32.7 Å². The first-order chi connectivity index (χ1) is 12.2. The van der Waals surface area contributed by atoms with Crippen LogP contribution < -0.4 is 9.47 Å². The quantitative estimate of drug-likeness (QED) is 0.287. The van der Waals surface area contributed by atoms with Gasteiger partial charge in [0.1, 0.15) is 16.0 Å². The minimum atomic E-state index is 0.318. The molecular formula is C21H32Cl2O2. The highest BCUT2D eigenvalue weighted by atomic mass is 35.5. The summed E-state index contributed by atoms with van der Waals surface area (Å²) in [6.07, 6.45) is 14.0. The smallest absolute Gasteiger partial charge is 0.119 e. The number of rotatable bonds is 15. The van der Waals surface area contributed by atoms with Gasteiger partial charge in [-0.05, 0) is 43.5 Å². The fourth-order valence-corrected chi connectivity index (χ4v) is 2.76. The van der Waals surface area contributed by atoms with E-state index in [-0.39, 0.29) is 0 Å². The average molecular weight is 387 g/mol. The predicted octanol–water partition coefficient (Wildman–Crippen LogP) is 7.68. The molecule has 4 heteroatoms. The van der Waals surface area contributed by atoms with Crippen LogP contribution in [-0.2, 0) is 0 Å². The maximum absolute atomic E-state index is 5.78. The maximum Gasteiger partial charge on any atom is 0.119 e. The minimum absolute atomic E-state index is 0.318. The van der Waals surface area contributed by atoms with Gasteiger partial charge in [0.05, 0.1) is 13.2 Å². The first-order valence-corrected chi connectivity index (χ1v) is 10.3. The van der Waals surface area contributed by atoms with E-state index < -0.39 is 0 Å². The molecule has 0 heterocycles. The van der Waals surface area contributed by atoms with Crippen LogP contribution >= 0.6 is 23.2 Å². The lowest BCUT2D eigenvalue weighted by Gasteiger charge is -2.08. The molecule has 0 aliphatic heterocycles. The van der Waals surface area contributed by atoms with E-state index in [1.54, 1.807) is 6.08 Å². The molecule has 1 aromatic rings. The summed E-state index contributed by atoms with van der Waals surface area (Å²) < 4.78 is 11.8. The third-order valence-electron chi connectivity index (χ3n) is 4.01. The van der Waals surface area contributed by atoms with Crippen molar-refractivity contribution in [3.63, 3.8) is 0 Å². The average Bonchev–Trinajstić information content (AvgIpc) is 2.61. The minimum Gasteiger partial charge on any atom is -0.494 e. The van der Waals surface area contributed by atoms with Gasteiger partial charge in [-0.1, -0.05) is 81.1 Å². The summed E-state index contributed by atoms with van der Waals surface area (Å²) in [7, 11) is 0. The Morgan fingerprint density at radius 1 is 0.760 bits per heavy atom. The van der Waals surface area contributed by atoms with E-state index in [0.29, 0.717) is 11.1 Å². The topological polar surface area (TPSA) is 18.5 Å². The molecule has 2 nitrogen and oxygen atoms in total. The Hall–Kier alpha value is -0.860. The third-order valence-corrected chi connectivity index (χ3v) is 4.31. The van der Waals surface area contributed by atoms with Gasteiger partial charge in [0.2, 0.25) is 0 Å². The van der Waals surface area contributed by atoms with Gasteiger partial charge in [0, 0.05) is 0 Å². The lowest BCUT2D eigenvalue weighted by atomic mass is 10.1. The maximum atomic E-state index is 5.78. The highest BCUT2D eigenvalue weighted by molar-refractivity contribution is 6.55. The Morgan fingerprint density at radius 2 is 1.24 bits per heavy atom. The van der Waals surface area contributed by atoms with E-state index >= 15 is 0 Å². The zero-order valence-corrected chi connectivity index (χ0v) is 17.0.